The molecule has 94 valence electrons. The molecule has 0 saturated heterocycles. The lowest BCUT2D eigenvalue weighted by Gasteiger charge is -2.11. The summed E-state index contributed by atoms with van der Waals surface area (Å²) in [5.41, 5.74) is 0. The molecule has 0 bridgehead atoms. The van der Waals surface area contributed by atoms with Gasteiger partial charge in [-0.25, -0.2) is 4.79 Å². The van der Waals surface area contributed by atoms with E-state index >= 15 is 0 Å². The highest BCUT2D eigenvalue weighted by Gasteiger charge is 2.14. The summed E-state index contributed by atoms with van der Waals surface area (Å²) >= 11 is 0. The summed E-state index contributed by atoms with van der Waals surface area (Å²) < 4.78 is 0. The van der Waals surface area contributed by atoms with E-state index in [1.54, 1.807) is 0 Å². The molecule has 0 heterocycles. The van der Waals surface area contributed by atoms with Gasteiger partial charge in [-0.05, 0) is 19.4 Å². The third-order valence-corrected chi connectivity index (χ3v) is 1.53. The number of aliphatic hydroxyl groups excluding tert-OH is 1. The van der Waals surface area contributed by atoms with Crippen LogP contribution >= 0.6 is 0 Å². The number of aliphatic hydroxyl groups is 1. The molecule has 6 heteroatoms. The second-order valence-corrected chi connectivity index (χ2v) is 2.90. The van der Waals surface area contributed by atoms with Crippen LogP contribution < -0.4 is 5.32 Å². The molecule has 0 amide bonds. The monoisotopic (exact) mass is 233 g/mol. The number of carboxylic acid groups (broad SMARTS) is 2. The fourth-order valence-corrected chi connectivity index (χ4v) is 0.761. The Balaban J connectivity index is 0. The van der Waals surface area contributed by atoms with Gasteiger partial charge in [0.15, 0.2) is 0 Å². The van der Waals surface area contributed by atoms with Gasteiger partial charge in [-0.15, -0.1) is 0 Å². The molecule has 0 aliphatic heterocycles. The number of aliphatic carboxylic acids is 2. The molecule has 0 aromatic heterocycles. The van der Waals surface area contributed by atoms with E-state index in [-0.39, 0.29) is 13.0 Å². The summed E-state index contributed by atoms with van der Waals surface area (Å²) in [4.78, 5) is 19.7. The molecule has 0 fully saturated rings. The van der Waals surface area contributed by atoms with Crippen LogP contribution in [0.3, 0.4) is 0 Å². The van der Waals surface area contributed by atoms with Gasteiger partial charge in [0.25, 0.3) is 0 Å². The third-order valence-electron chi connectivity index (χ3n) is 1.53. The fourth-order valence-electron chi connectivity index (χ4n) is 0.761. The van der Waals surface area contributed by atoms with Gasteiger partial charge in [0.2, 0.25) is 0 Å². The van der Waals surface area contributed by atoms with Gasteiger partial charge in [-0.3, -0.25) is 4.79 Å². The van der Waals surface area contributed by atoms with E-state index in [2.05, 4.69) is 11.9 Å². The predicted molar refractivity (Wildman–Crippen MR) is 59.3 cm³/mol. The van der Waals surface area contributed by atoms with Crippen LogP contribution in [0.2, 0.25) is 0 Å². The second kappa shape index (κ2) is 11.7. The molecule has 1 unspecified atom stereocenters. The van der Waals surface area contributed by atoms with E-state index < -0.39 is 18.0 Å². The lowest BCUT2D eigenvalue weighted by molar-refractivity contribution is -0.140. The van der Waals surface area contributed by atoms with Crippen molar-refractivity contribution >= 4 is 11.9 Å². The van der Waals surface area contributed by atoms with Crippen LogP contribution in [-0.2, 0) is 9.59 Å². The summed E-state index contributed by atoms with van der Waals surface area (Å²) in [6.07, 6.45) is 2.00. The third kappa shape index (κ3) is 12.6. The Morgan fingerprint density at radius 3 is 2.19 bits per heavy atom. The molecule has 0 radical (unpaired) electrons. The Morgan fingerprint density at radius 2 is 1.94 bits per heavy atom. The molecule has 0 aromatic rings. The smallest absolute Gasteiger partial charge is 0.327 e. The van der Waals surface area contributed by atoms with Crippen molar-refractivity contribution in [1.29, 1.82) is 0 Å². The van der Waals surface area contributed by atoms with Crippen LogP contribution in [0.5, 0.6) is 0 Å². The summed E-state index contributed by atoms with van der Waals surface area (Å²) in [6.45, 7) is 5.51. The quantitative estimate of drug-likeness (QED) is 0.464. The first-order chi connectivity index (χ1) is 7.49. The number of carboxylic acids is 2. The Labute approximate surface area is 94.6 Å². The summed E-state index contributed by atoms with van der Waals surface area (Å²) in [6, 6.07) is -0.597. The molecular formula is C10H19NO5. The zero-order valence-electron chi connectivity index (χ0n) is 9.35. The molecule has 0 rings (SSSR count). The fraction of sp³-hybridized carbons (Fsp3) is 0.600. The predicted octanol–water partition coefficient (Wildman–Crippen LogP) is 0.0786. The summed E-state index contributed by atoms with van der Waals surface area (Å²) in [7, 11) is 0. The average Bonchev–Trinajstić information content (AvgIpc) is 2.24. The maximum Gasteiger partial charge on any atom is 0.327 e. The molecule has 6 nitrogen and oxygen atoms in total. The van der Waals surface area contributed by atoms with Gasteiger partial charge >= 0.3 is 11.9 Å². The van der Waals surface area contributed by atoms with Crippen LogP contribution in [0, 0.1) is 0 Å². The van der Waals surface area contributed by atoms with Gasteiger partial charge in [-0.2, -0.15) is 0 Å². The van der Waals surface area contributed by atoms with Crippen LogP contribution in [0.4, 0.5) is 0 Å². The maximum atomic E-state index is 10.4. The van der Waals surface area contributed by atoms with Crippen LogP contribution in [0.1, 0.15) is 19.8 Å². The van der Waals surface area contributed by atoms with Crippen LogP contribution in [-0.4, -0.2) is 46.5 Å². The first-order valence-electron chi connectivity index (χ1n) is 4.91. The average molecular weight is 233 g/mol. The second-order valence-electron chi connectivity index (χ2n) is 2.90. The van der Waals surface area contributed by atoms with Crippen LogP contribution in [0.15, 0.2) is 12.7 Å². The minimum atomic E-state index is -0.981. The Morgan fingerprint density at radius 1 is 1.44 bits per heavy atom. The van der Waals surface area contributed by atoms with E-state index in [9.17, 15) is 9.59 Å². The number of hydrogen-bond donors (Lipinski definition) is 4. The standard InChI is InChI=1S/C7H15NO3.C3H4O2/c1-2-4-8-6(3-5-9)7(10)11;1-2-3(4)5/h6,8-9H,2-5H2,1H3,(H,10,11);2H,1H2,(H,4,5). The molecule has 0 aliphatic carbocycles. The summed E-state index contributed by atoms with van der Waals surface area (Å²) in [5.74, 6) is -1.88. The molecule has 0 saturated carbocycles. The largest absolute Gasteiger partial charge is 0.480 e. The number of rotatable bonds is 7. The topological polar surface area (TPSA) is 107 Å². The Bertz CT molecular complexity index is 217. The number of carbonyl (C=O) groups is 2. The highest BCUT2D eigenvalue weighted by molar-refractivity contribution is 5.78. The van der Waals surface area contributed by atoms with Crippen molar-refractivity contribution in [3.8, 4) is 0 Å². The first kappa shape index (κ1) is 17.0. The molecule has 0 spiro atoms. The van der Waals surface area contributed by atoms with E-state index in [4.69, 9.17) is 15.3 Å². The van der Waals surface area contributed by atoms with Crippen LogP contribution in [0.25, 0.3) is 0 Å². The molecule has 16 heavy (non-hydrogen) atoms. The zero-order chi connectivity index (χ0) is 13.0. The van der Waals surface area contributed by atoms with E-state index in [0.717, 1.165) is 12.5 Å². The Kier molecular flexibility index (Phi) is 12.4. The van der Waals surface area contributed by atoms with Gasteiger partial charge in [0.1, 0.15) is 6.04 Å². The van der Waals surface area contributed by atoms with Crippen molar-refractivity contribution in [3.63, 3.8) is 0 Å². The Hall–Kier alpha value is -1.40. The van der Waals surface area contributed by atoms with Crippen molar-refractivity contribution in [1.82, 2.24) is 5.32 Å². The van der Waals surface area contributed by atoms with Crippen molar-refractivity contribution in [2.75, 3.05) is 13.2 Å². The SMILES string of the molecule is C=CC(=O)O.CCCNC(CCO)C(=O)O. The molecule has 0 aliphatic rings. The molecule has 4 N–H and O–H groups in total. The number of nitrogens with one attached hydrogen (secondary N) is 1. The summed E-state index contributed by atoms with van der Waals surface area (Å²) in [5, 5.41) is 27.5. The zero-order valence-corrected chi connectivity index (χ0v) is 9.35. The van der Waals surface area contributed by atoms with Crippen molar-refractivity contribution < 1.29 is 24.9 Å². The minimum Gasteiger partial charge on any atom is -0.480 e. The highest BCUT2D eigenvalue weighted by Crippen LogP contribution is 1.90. The van der Waals surface area contributed by atoms with Crippen molar-refractivity contribution in [3.05, 3.63) is 12.7 Å². The van der Waals surface area contributed by atoms with E-state index in [1.165, 1.54) is 0 Å². The van der Waals surface area contributed by atoms with Crippen molar-refractivity contribution in [2.24, 2.45) is 0 Å². The molecular weight excluding hydrogens is 214 g/mol. The molecule has 1 atom stereocenters. The van der Waals surface area contributed by atoms with Gasteiger partial charge in [0, 0.05) is 12.7 Å². The van der Waals surface area contributed by atoms with Gasteiger partial charge in [0.05, 0.1) is 0 Å². The lowest BCUT2D eigenvalue weighted by Crippen LogP contribution is -2.37. The lowest BCUT2D eigenvalue weighted by atomic mass is 10.2. The minimum absolute atomic E-state index is 0.0896. The maximum absolute atomic E-state index is 10.4. The molecule has 0 aromatic carbocycles. The normalized spacial score (nSPS) is 10.9. The highest BCUT2D eigenvalue weighted by atomic mass is 16.4. The van der Waals surface area contributed by atoms with Gasteiger partial charge in [-0.1, -0.05) is 13.5 Å². The van der Waals surface area contributed by atoms with E-state index in [0.29, 0.717) is 6.54 Å². The first-order valence-corrected chi connectivity index (χ1v) is 4.91. The van der Waals surface area contributed by atoms with Crippen molar-refractivity contribution in [2.45, 2.75) is 25.8 Å². The number of hydrogen-bond acceptors (Lipinski definition) is 4. The van der Waals surface area contributed by atoms with E-state index in [1.807, 2.05) is 6.92 Å². The van der Waals surface area contributed by atoms with Gasteiger partial charge < -0.3 is 20.6 Å².